The number of fused-ring (bicyclic) bond motifs is 2. The normalized spacial score (nSPS) is 11.2. The van der Waals surface area contributed by atoms with Crippen molar-refractivity contribution in [3.8, 4) is 22.6 Å². The lowest BCUT2D eigenvalue weighted by molar-refractivity contribution is 0.468. The molecule has 0 spiro atoms. The van der Waals surface area contributed by atoms with Crippen LogP contribution in [0.2, 0.25) is 0 Å². The Morgan fingerprint density at radius 2 is 1.50 bits per heavy atom. The highest BCUT2D eigenvalue weighted by atomic mass is 16.3. The third kappa shape index (κ3) is 2.06. The minimum Gasteiger partial charge on any atom is -0.507 e. The van der Waals surface area contributed by atoms with Crippen LogP contribution in [-0.2, 0) is 0 Å². The van der Waals surface area contributed by atoms with Crippen molar-refractivity contribution < 1.29 is 10.2 Å². The van der Waals surface area contributed by atoms with Crippen LogP contribution in [0, 0.1) is 6.92 Å². The highest BCUT2D eigenvalue weighted by Gasteiger charge is 2.18. The van der Waals surface area contributed by atoms with Gasteiger partial charge in [0.1, 0.15) is 11.5 Å². The Bertz CT molecular complexity index is 1100. The van der Waals surface area contributed by atoms with Crippen LogP contribution in [0.5, 0.6) is 11.5 Å². The summed E-state index contributed by atoms with van der Waals surface area (Å²) in [6, 6.07) is 18.9. The lowest BCUT2D eigenvalue weighted by Gasteiger charge is -2.16. The van der Waals surface area contributed by atoms with Gasteiger partial charge in [0, 0.05) is 16.8 Å². The van der Waals surface area contributed by atoms with Crippen LogP contribution in [0.25, 0.3) is 32.7 Å². The third-order valence-corrected chi connectivity index (χ3v) is 4.48. The van der Waals surface area contributed by atoms with Crippen molar-refractivity contribution in [1.82, 2.24) is 0 Å². The summed E-state index contributed by atoms with van der Waals surface area (Å²) in [5, 5.41) is 25.0. The molecule has 0 heterocycles. The summed E-state index contributed by atoms with van der Waals surface area (Å²) in [7, 11) is 0. The average molecular weight is 315 g/mol. The standard InChI is InChI=1S/C21H17NO2/c1-12-10-14-11-15(22)7-8-17(14)20(21(12)24)19-16-5-3-2-4-13(16)6-9-18(19)23/h2-11,23-24H,22H2,1H3. The second-order valence-electron chi connectivity index (χ2n) is 6.08. The van der Waals surface area contributed by atoms with Crippen LogP contribution in [0.4, 0.5) is 5.69 Å². The molecular formula is C21H17NO2. The van der Waals surface area contributed by atoms with Crippen molar-refractivity contribution in [2.45, 2.75) is 6.92 Å². The lowest BCUT2D eigenvalue weighted by Crippen LogP contribution is -1.91. The van der Waals surface area contributed by atoms with Gasteiger partial charge in [-0.15, -0.1) is 0 Å². The van der Waals surface area contributed by atoms with Crippen LogP contribution < -0.4 is 5.73 Å². The maximum atomic E-state index is 10.8. The zero-order valence-electron chi connectivity index (χ0n) is 13.2. The van der Waals surface area contributed by atoms with Gasteiger partial charge in [0.2, 0.25) is 0 Å². The summed E-state index contributed by atoms with van der Waals surface area (Å²) in [6.45, 7) is 1.85. The fraction of sp³-hybridized carbons (Fsp3) is 0.0476. The first kappa shape index (κ1) is 14.4. The highest BCUT2D eigenvalue weighted by molar-refractivity contribution is 6.10. The molecule has 4 aromatic carbocycles. The zero-order chi connectivity index (χ0) is 16.8. The van der Waals surface area contributed by atoms with Gasteiger partial charge in [-0.05, 0) is 58.3 Å². The van der Waals surface area contributed by atoms with Gasteiger partial charge in [-0.25, -0.2) is 0 Å². The molecular weight excluding hydrogens is 298 g/mol. The number of rotatable bonds is 1. The van der Waals surface area contributed by atoms with E-state index in [1.54, 1.807) is 6.07 Å². The quantitative estimate of drug-likeness (QED) is 0.435. The number of phenolic OH excluding ortho intramolecular Hbond substituents is 2. The second kappa shape index (κ2) is 5.17. The molecule has 4 N–H and O–H groups in total. The molecule has 0 aliphatic carbocycles. The number of anilines is 1. The SMILES string of the molecule is Cc1cc2cc(N)ccc2c(-c2c(O)ccc3ccccc23)c1O. The molecule has 0 aromatic heterocycles. The van der Waals surface area contributed by atoms with Gasteiger partial charge in [-0.3, -0.25) is 0 Å². The lowest BCUT2D eigenvalue weighted by atomic mass is 9.90. The van der Waals surface area contributed by atoms with Crippen molar-refractivity contribution in [2.24, 2.45) is 0 Å². The third-order valence-electron chi connectivity index (χ3n) is 4.48. The second-order valence-corrected chi connectivity index (χ2v) is 6.08. The Balaban J connectivity index is 2.22. The van der Waals surface area contributed by atoms with E-state index < -0.39 is 0 Å². The number of benzene rings is 4. The number of aromatic hydroxyl groups is 2. The van der Waals surface area contributed by atoms with Gasteiger partial charge in [0.25, 0.3) is 0 Å². The van der Waals surface area contributed by atoms with Crippen LogP contribution >= 0.6 is 0 Å². The van der Waals surface area contributed by atoms with E-state index in [4.69, 9.17) is 5.73 Å². The van der Waals surface area contributed by atoms with E-state index in [1.807, 2.05) is 61.5 Å². The summed E-state index contributed by atoms with van der Waals surface area (Å²) in [5.74, 6) is 0.326. The minimum absolute atomic E-state index is 0.146. The number of hydrogen-bond donors (Lipinski definition) is 3. The Morgan fingerprint density at radius 1 is 0.750 bits per heavy atom. The number of nitrogen functional groups attached to an aromatic ring is 1. The van der Waals surface area contributed by atoms with E-state index in [1.165, 1.54) is 0 Å². The Morgan fingerprint density at radius 3 is 2.33 bits per heavy atom. The largest absolute Gasteiger partial charge is 0.507 e. The molecule has 0 aliphatic heterocycles. The fourth-order valence-corrected chi connectivity index (χ4v) is 3.33. The molecule has 0 saturated heterocycles. The monoisotopic (exact) mass is 315 g/mol. The molecule has 24 heavy (non-hydrogen) atoms. The molecule has 0 aliphatic rings. The van der Waals surface area contributed by atoms with Crippen LogP contribution in [0.3, 0.4) is 0 Å². The molecule has 4 aromatic rings. The van der Waals surface area contributed by atoms with Crippen molar-refractivity contribution in [3.05, 3.63) is 66.2 Å². The van der Waals surface area contributed by atoms with Crippen molar-refractivity contribution in [1.29, 1.82) is 0 Å². The molecule has 3 nitrogen and oxygen atoms in total. The molecule has 118 valence electrons. The summed E-state index contributed by atoms with van der Waals surface area (Å²) in [4.78, 5) is 0. The van der Waals surface area contributed by atoms with E-state index >= 15 is 0 Å². The van der Waals surface area contributed by atoms with Crippen LogP contribution in [0.15, 0.2) is 60.7 Å². The maximum Gasteiger partial charge on any atom is 0.127 e. The Kier molecular flexibility index (Phi) is 3.10. The molecule has 0 atom stereocenters. The smallest absolute Gasteiger partial charge is 0.127 e. The van der Waals surface area contributed by atoms with Crippen molar-refractivity contribution >= 4 is 27.2 Å². The summed E-state index contributed by atoms with van der Waals surface area (Å²) in [6.07, 6.45) is 0. The van der Waals surface area contributed by atoms with E-state index in [-0.39, 0.29) is 11.5 Å². The van der Waals surface area contributed by atoms with Gasteiger partial charge in [-0.1, -0.05) is 36.4 Å². The molecule has 0 saturated carbocycles. The highest BCUT2D eigenvalue weighted by Crippen LogP contribution is 2.46. The first-order valence-electron chi connectivity index (χ1n) is 7.79. The predicted octanol–water partition coefficient (Wildman–Crippen LogP) is 4.96. The van der Waals surface area contributed by atoms with Crippen molar-refractivity contribution in [3.63, 3.8) is 0 Å². The molecule has 0 radical (unpaired) electrons. The first-order valence-corrected chi connectivity index (χ1v) is 7.79. The predicted molar refractivity (Wildman–Crippen MR) is 99.4 cm³/mol. The topological polar surface area (TPSA) is 66.5 Å². The van der Waals surface area contributed by atoms with E-state index in [9.17, 15) is 10.2 Å². The van der Waals surface area contributed by atoms with Gasteiger partial charge in [0.15, 0.2) is 0 Å². The Hall–Kier alpha value is -3.20. The van der Waals surface area contributed by atoms with Crippen LogP contribution in [-0.4, -0.2) is 10.2 Å². The first-order chi connectivity index (χ1) is 11.6. The van der Waals surface area contributed by atoms with E-state index in [0.717, 1.165) is 27.1 Å². The molecule has 0 amide bonds. The van der Waals surface area contributed by atoms with E-state index in [0.29, 0.717) is 16.8 Å². The maximum absolute atomic E-state index is 10.8. The number of aryl methyl sites for hydroxylation is 1. The molecule has 3 heteroatoms. The summed E-state index contributed by atoms with van der Waals surface area (Å²) >= 11 is 0. The molecule has 0 fully saturated rings. The van der Waals surface area contributed by atoms with E-state index in [2.05, 4.69) is 0 Å². The number of nitrogens with two attached hydrogens (primary N) is 1. The Labute approximate surface area is 139 Å². The van der Waals surface area contributed by atoms with Crippen molar-refractivity contribution in [2.75, 3.05) is 5.73 Å². The molecule has 4 rings (SSSR count). The minimum atomic E-state index is 0.146. The van der Waals surface area contributed by atoms with Gasteiger partial charge >= 0.3 is 0 Å². The van der Waals surface area contributed by atoms with Gasteiger partial charge in [-0.2, -0.15) is 0 Å². The summed E-state index contributed by atoms with van der Waals surface area (Å²) < 4.78 is 0. The average Bonchev–Trinajstić information content (AvgIpc) is 2.57. The number of phenols is 2. The molecule has 0 unspecified atom stereocenters. The number of hydrogen-bond acceptors (Lipinski definition) is 3. The fourth-order valence-electron chi connectivity index (χ4n) is 3.33. The molecule has 0 bridgehead atoms. The summed E-state index contributed by atoms with van der Waals surface area (Å²) in [5.41, 5.74) is 8.60. The van der Waals surface area contributed by atoms with Crippen LogP contribution in [0.1, 0.15) is 5.56 Å². The zero-order valence-corrected chi connectivity index (χ0v) is 13.2. The van der Waals surface area contributed by atoms with Gasteiger partial charge < -0.3 is 15.9 Å². The van der Waals surface area contributed by atoms with Gasteiger partial charge in [0.05, 0.1) is 0 Å².